The van der Waals surface area contributed by atoms with Crippen LogP contribution in [0, 0.1) is 6.92 Å². The highest BCUT2D eigenvalue weighted by molar-refractivity contribution is 7.85. The summed E-state index contributed by atoms with van der Waals surface area (Å²) < 4.78 is 12.5. The first-order valence-corrected chi connectivity index (χ1v) is 8.67. The van der Waals surface area contributed by atoms with Gasteiger partial charge >= 0.3 is 0 Å². The fraction of sp³-hybridized carbons (Fsp3) is 0.333. The number of nitrogens with one attached hydrogen (secondary N) is 1. The molecule has 2 aromatic rings. The van der Waals surface area contributed by atoms with E-state index >= 15 is 0 Å². The van der Waals surface area contributed by atoms with Crippen LogP contribution >= 0.6 is 0 Å². The molecule has 0 aliphatic rings. The first-order chi connectivity index (χ1) is 10.1. The average molecular weight is 301 g/mol. The molecule has 3 heteroatoms. The van der Waals surface area contributed by atoms with Gasteiger partial charge in [-0.2, -0.15) is 0 Å². The number of hydrogen-bond donors (Lipinski definition) is 1. The monoisotopic (exact) mass is 301 g/mol. The third kappa shape index (κ3) is 4.26. The summed E-state index contributed by atoms with van der Waals surface area (Å²) in [5.41, 5.74) is 3.71. The largest absolute Gasteiger partial charge is 0.312 e. The maximum absolute atomic E-state index is 12.5. The van der Waals surface area contributed by atoms with Crippen LogP contribution in [0.15, 0.2) is 53.4 Å². The zero-order valence-corrected chi connectivity index (χ0v) is 13.7. The van der Waals surface area contributed by atoms with Gasteiger partial charge in [-0.3, -0.25) is 4.21 Å². The van der Waals surface area contributed by atoms with Gasteiger partial charge in [0.1, 0.15) is 0 Å². The molecule has 2 atom stereocenters. The van der Waals surface area contributed by atoms with Crippen molar-refractivity contribution < 1.29 is 4.21 Å². The number of benzene rings is 2. The molecule has 0 bridgehead atoms. The second kappa shape index (κ2) is 7.53. The van der Waals surface area contributed by atoms with Crippen LogP contribution in [0.3, 0.4) is 0 Å². The summed E-state index contributed by atoms with van der Waals surface area (Å²) in [5.74, 6) is 0.588. The van der Waals surface area contributed by atoms with Crippen LogP contribution < -0.4 is 5.32 Å². The summed E-state index contributed by atoms with van der Waals surface area (Å²) in [6.07, 6.45) is 1.04. The van der Waals surface area contributed by atoms with Gasteiger partial charge in [-0.15, -0.1) is 0 Å². The lowest BCUT2D eigenvalue weighted by Crippen LogP contribution is -2.22. The lowest BCUT2D eigenvalue weighted by Gasteiger charge is -2.17. The molecule has 0 aliphatic carbocycles. The predicted molar refractivity (Wildman–Crippen MR) is 90.1 cm³/mol. The molecule has 2 unspecified atom stereocenters. The summed E-state index contributed by atoms with van der Waals surface area (Å²) >= 11 is 0. The third-order valence-electron chi connectivity index (χ3n) is 3.74. The van der Waals surface area contributed by atoms with Crippen LogP contribution in [0.25, 0.3) is 0 Å². The molecule has 0 amide bonds. The Bertz CT molecular complexity index is 590. The Hall–Kier alpha value is -1.45. The summed E-state index contributed by atoms with van der Waals surface area (Å²) in [6.45, 7) is 4.19. The maximum Gasteiger partial charge on any atom is 0.0548 e. The van der Waals surface area contributed by atoms with E-state index in [0.29, 0.717) is 5.75 Å². The zero-order valence-electron chi connectivity index (χ0n) is 12.9. The van der Waals surface area contributed by atoms with E-state index in [1.165, 1.54) is 16.7 Å². The maximum atomic E-state index is 12.5. The van der Waals surface area contributed by atoms with Gasteiger partial charge in [0.2, 0.25) is 0 Å². The van der Waals surface area contributed by atoms with Crippen molar-refractivity contribution in [3.05, 3.63) is 65.2 Å². The summed E-state index contributed by atoms with van der Waals surface area (Å²) in [5, 5.41) is 3.27. The van der Waals surface area contributed by atoms with E-state index in [0.717, 1.165) is 11.3 Å². The Labute approximate surface area is 130 Å². The molecular weight excluding hydrogens is 278 g/mol. The van der Waals surface area contributed by atoms with Crippen molar-refractivity contribution >= 4 is 10.8 Å². The van der Waals surface area contributed by atoms with Crippen molar-refractivity contribution in [2.75, 3.05) is 12.8 Å². The van der Waals surface area contributed by atoms with Gasteiger partial charge in [0.15, 0.2) is 0 Å². The lowest BCUT2D eigenvalue weighted by atomic mass is 10.1. The van der Waals surface area contributed by atoms with E-state index in [9.17, 15) is 4.21 Å². The zero-order chi connectivity index (χ0) is 15.2. The molecule has 21 heavy (non-hydrogen) atoms. The highest BCUT2D eigenvalue weighted by Crippen LogP contribution is 2.18. The standard InChI is InChI=1S/C18H23NOS/c1-4-15-7-9-16(10-8-15)18(19-3)13-21(20)17-11-5-14(2)6-12-17/h5-12,18-19H,4,13H2,1-3H3. The molecule has 1 N–H and O–H groups in total. The minimum Gasteiger partial charge on any atom is -0.312 e. The van der Waals surface area contributed by atoms with Crippen LogP contribution in [0.4, 0.5) is 0 Å². The van der Waals surface area contributed by atoms with E-state index in [-0.39, 0.29) is 6.04 Å². The second-order valence-corrected chi connectivity index (χ2v) is 6.76. The molecule has 112 valence electrons. The van der Waals surface area contributed by atoms with Crippen molar-refractivity contribution in [3.63, 3.8) is 0 Å². The van der Waals surface area contributed by atoms with E-state index in [1.54, 1.807) is 0 Å². The SMILES string of the molecule is CCc1ccc(C(CS(=O)c2ccc(C)cc2)NC)cc1. The molecule has 0 aromatic heterocycles. The molecule has 2 rings (SSSR count). The van der Waals surface area contributed by atoms with E-state index in [2.05, 4.69) is 36.5 Å². The van der Waals surface area contributed by atoms with Crippen LogP contribution in [0.2, 0.25) is 0 Å². The van der Waals surface area contributed by atoms with Crippen molar-refractivity contribution in [3.8, 4) is 0 Å². The molecule has 0 spiro atoms. The van der Waals surface area contributed by atoms with Crippen LogP contribution in [0.5, 0.6) is 0 Å². The quantitative estimate of drug-likeness (QED) is 0.883. The smallest absolute Gasteiger partial charge is 0.0548 e. The second-order valence-electron chi connectivity index (χ2n) is 5.26. The van der Waals surface area contributed by atoms with E-state index in [1.807, 2.05) is 38.2 Å². The molecular formula is C18H23NOS. The Morgan fingerprint density at radius 1 is 1.05 bits per heavy atom. The normalized spacial score (nSPS) is 13.9. The van der Waals surface area contributed by atoms with Crippen molar-refractivity contribution in [2.45, 2.75) is 31.2 Å². The highest BCUT2D eigenvalue weighted by Gasteiger charge is 2.14. The van der Waals surface area contributed by atoms with E-state index < -0.39 is 10.8 Å². The van der Waals surface area contributed by atoms with Crippen molar-refractivity contribution in [2.24, 2.45) is 0 Å². The fourth-order valence-corrected chi connectivity index (χ4v) is 3.56. The van der Waals surface area contributed by atoms with Gasteiger partial charge in [0.05, 0.1) is 10.8 Å². The Kier molecular flexibility index (Phi) is 5.71. The molecule has 2 aromatic carbocycles. The van der Waals surface area contributed by atoms with Gasteiger partial charge < -0.3 is 5.32 Å². The van der Waals surface area contributed by atoms with Gasteiger partial charge in [-0.05, 0) is 43.7 Å². The third-order valence-corrected chi connectivity index (χ3v) is 5.17. The summed E-state index contributed by atoms with van der Waals surface area (Å²) in [4.78, 5) is 0.894. The number of rotatable bonds is 6. The fourth-order valence-electron chi connectivity index (χ4n) is 2.27. The molecule has 0 fully saturated rings. The minimum absolute atomic E-state index is 0.109. The summed E-state index contributed by atoms with van der Waals surface area (Å²) in [7, 11) is 0.930. The Morgan fingerprint density at radius 2 is 1.67 bits per heavy atom. The topological polar surface area (TPSA) is 29.1 Å². The number of hydrogen-bond acceptors (Lipinski definition) is 2. The van der Waals surface area contributed by atoms with Gasteiger partial charge in [0.25, 0.3) is 0 Å². The van der Waals surface area contributed by atoms with Crippen molar-refractivity contribution in [1.82, 2.24) is 5.32 Å². The molecule has 0 aliphatic heterocycles. The highest BCUT2D eigenvalue weighted by atomic mass is 32.2. The van der Waals surface area contributed by atoms with E-state index in [4.69, 9.17) is 0 Å². The average Bonchev–Trinajstić information content (AvgIpc) is 2.53. The molecule has 0 saturated heterocycles. The minimum atomic E-state index is -0.992. The first-order valence-electron chi connectivity index (χ1n) is 7.35. The number of aryl methyl sites for hydroxylation is 2. The molecule has 0 saturated carbocycles. The Balaban J connectivity index is 2.10. The van der Waals surface area contributed by atoms with Gasteiger partial charge in [-0.25, -0.2) is 0 Å². The van der Waals surface area contributed by atoms with Gasteiger partial charge in [0, 0.05) is 16.7 Å². The first kappa shape index (κ1) is 15.9. The van der Waals surface area contributed by atoms with Crippen LogP contribution in [-0.2, 0) is 17.2 Å². The van der Waals surface area contributed by atoms with Crippen molar-refractivity contribution in [1.29, 1.82) is 0 Å². The molecule has 0 heterocycles. The predicted octanol–water partition coefficient (Wildman–Crippen LogP) is 3.63. The summed E-state index contributed by atoms with van der Waals surface area (Å²) in [6, 6.07) is 16.6. The lowest BCUT2D eigenvalue weighted by molar-refractivity contribution is 0.635. The molecule has 0 radical (unpaired) electrons. The Morgan fingerprint density at radius 3 is 2.19 bits per heavy atom. The van der Waals surface area contributed by atoms with Gasteiger partial charge in [-0.1, -0.05) is 48.9 Å². The van der Waals surface area contributed by atoms with Crippen LogP contribution in [-0.4, -0.2) is 17.0 Å². The molecule has 2 nitrogen and oxygen atoms in total. The van der Waals surface area contributed by atoms with Crippen LogP contribution in [0.1, 0.15) is 29.7 Å².